The second-order valence-electron chi connectivity index (χ2n) is 6.47. The van der Waals surface area contributed by atoms with Crippen LogP contribution in [0.5, 0.6) is 0 Å². The van der Waals surface area contributed by atoms with E-state index >= 15 is 0 Å². The van der Waals surface area contributed by atoms with E-state index in [1.54, 1.807) is 7.11 Å². The van der Waals surface area contributed by atoms with Gasteiger partial charge in [0.25, 0.3) is 0 Å². The molecule has 2 fully saturated rings. The van der Waals surface area contributed by atoms with E-state index in [1.807, 2.05) is 0 Å². The highest BCUT2D eigenvalue weighted by Gasteiger charge is 2.41. The minimum absolute atomic E-state index is 0.0667. The summed E-state index contributed by atoms with van der Waals surface area (Å²) < 4.78 is 10.0. The third-order valence-electron chi connectivity index (χ3n) is 4.76. The minimum Gasteiger partial charge on any atom is -0.377 e. The van der Waals surface area contributed by atoms with Crippen LogP contribution in [-0.4, -0.2) is 55.4 Å². The molecule has 128 valence electrons. The maximum absolute atomic E-state index is 12.3. The van der Waals surface area contributed by atoms with Crippen LogP contribution < -0.4 is 16.0 Å². The molecule has 8 nitrogen and oxygen atoms in total. The zero-order valence-corrected chi connectivity index (χ0v) is 13.6. The number of hydrogen-bond acceptors (Lipinski definition) is 7. The molecule has 23 heavy (non-hydrogen) atoms. The van der Waals surface area contributed by atoms with Crippen molar-refractivity contribution in [3.63, 3.8) is 0 Å². The Kier molecular flexibility index (Phi) is 5.24. The van der Waals surface area contributed by atoms with E-state index in [-0.39, 0.29) is 11.9 Å². The van der Waals surface area contributed by atoms with Crippen molar-refractivity contribution in [2.45, 2.75) is 38.3 Å². The molecule has 1 unspecified atom stereocenters. The third kappa shape index (κ3) is 4.07. The van der Waals surface area contributed by atoms with Gasteiger partial charge in [-0.15, -0.1) is 0 Å². The smallest absolute Gasteiger partial charge is 0.237 e. The Morgan fingerprint density at radius 2 is 2.30 bits per heavy atom. The zero-order valence-electron chi connectivity index (χ0n) is 13.6. The monoisotopic (exact) mass is 323 g/mol. The lowest BCUT2D eigenvalue weighted by Gasteiger charge is -2.33. The largest absolute Gasteiger partial charge is 0.377 e. The first kappa shape index (κ1) is 16.4. The SMILES string of the molecule is COCc1noc(CCNC(=O)C2CC3(CCNCC3)CN2)n1. The van der Waals surface area contributed by atoms with Crippen molar-refractivity contribution in [1.29, 1.82) is 0 Å². The molecule has 3 N–H and O–H groups in total. The van der Waals surface area contributed by atoms with Crippen LogP contribution in [0.25, 0.3) is 0 Å². The molecule has 1 atom stereocenters. The van der Waals surface area contributed by atoms with Gasteiger partial charge in [-0.05, 0) is 37.8 Å². The van der Waals surface area contributed by atoms with Crippen LogP contribution in [0, 0.1) is 5.41 Å². The summed E-state index contributed by atoms with van der Waals surface area (Å²) in [6, 6.07) is -0.0835. The average Bonchev–Trinajstić information content (AvgIpc) is 3.16. The van der Waals surface area contributed by atoms with Crippen LogP contribution in [0.2, 0.25) is 0 Å². The predicted molar refractivity (Wildman–Crippen MR) is 82.7 cm³/mol. The number of amides is 1. The Balaban J connectivity index is 1.41. The van der Waals surface area contributed by atoms with Gasteiger partial charge in [0, 0.05) is 26.6 Å². The topological polar surface area (TPSA) is 101 Å². The van der Waals surface area contributed by atoms with Crippen molar-refractivity contribution in [2.75, 3.05) is 33.3 Å². The highest BCUT2D eigenvalue weighted by atomic mass is 16.5. The Bertz CT molecular complexity index is 527. The molecule has 0 radical (unpaired) electrons. The normalized spacial score (nSPS) is 23.3. The van der Waals surface area contributed by atoms with Gasteiger partial charge < -0.3 is 25.2 Å². The Hall–Kier alpha value is -1.51. The van der Waals surface area contributed by atoms with Crippen molar-refractivity contribution in [3.05, 3.63) is 11.7 Å². The van der Waals surface area contributed by atoms with Gasteiger partial charge in [0.05, 0.1) is 6.04 Å². The van der Waals surface area contributed by atoms with Crippen LogP contribution in [0.4, 0.5) is 0 Å². The molecule has 2 aliphatic heterocycles. The number of carbonyl (C=O) groups excluding carboxylic acids is 1. The van der Waals surface area contributed by atoms with E-state index in [0.29, 0.717) is 36.7 Å². The van der Waals surface area contributed by atoms with Gasteiger partial charge >= 0.3 is 0 Å². The summed E-state index contributed by atoms with van der Waals surface area (Å²) >= 11 is 0. The van der Waals surface area contributed by atoms with Gasteiger partial charge in [0.2, 0.25) is 11.8 Å². The molecule has 2 aliphatic rings. The third-order valence-corrected chi connectivity index (χ3v) is 4.76. The molecule has 0 saturated carbocycles. The van der Waals surface area contributed by atoms with Gasteiger partial charge in [0.1, 0.15) is 6.61 Å². The fourth-order valence-electron chi connectivity index (χ4n) is 3.44. The van der Waals surface area contributed by atoms with Gasteiger partial charge in [0.15, 0.2) is 5.82 Å². The summed E-state index contributed by atoms with van der Waals surface area (Å²) in [5.41, 5.74) is 0.300. The molecule has 1 amide bonds. The summed E-state index contributed by atoms with van der Waals surface area (Å²) in [6.07, 6.45) is 3.76. The number of hydrogen-bond donors (Lipinski definition) is 3. The number of nitrogens with zero attached hydrogens (tertiary/aromatic N) is 2. The number of rotatable bonds is 6. The van der Waals surface area contributed by atoms with Gasteiger partial charge in [-0.25, -0.2) is 0 Å². The number of piperidine rings is 1. The van der Waals surface area contributed by atoms with E-state index in [2.05, 4.69) is 26.1 Å². The molecule has 1 aromatic rings. The van der Waals surface area contributed by atoms with E-state index in [0.717, 1.165) is 38.9 Å². The summed E-state index contributed by atoms with van der Waals surface area (Å²) in [5, 5.41) is 13.5. The Labute approximate surface area is 135 Å². The quantitative estimate of drug-likeness (QED) is 0.655. The van der Waals surface area contributed by atoms with E-state index in [9.17, 15) is 4.79 Å². The molecule has 8 heteroatoms. The maximum atomic E-state index is 12.3. The number of methoxy groups -OCH3 is 1. The van der Waals surface area contributed by atoms with Gasteiger partial charge in [-0.1, -0.05) is 5.16 Å². The molecule has 1 spiro atoms. The minimum atomic E-state index is -0.0835. The van der Waals surface area contributed by atoms with Gasteiger partial charge in [-0.2, -0.15) is 4.98 Å². The van der Waals surface area contributed by atoms with Crippen LogP contribution in [0.1, 0.15) is 31.0 Å². The second kappa shape index (κ2) is 7.37. The standard InChI is InChI=1S/C15H25N5O3/c1-22-9-12-19-13(23-20-12)2-5-17-14(21)11-8-15(10-18-11)3-6-16-7-4-15/h11,16,18H,2-10H2,1H3,(H,17,21). The molecule has 0 aliphatic carbocycles. The first-order valence-corrected chi connectivity index (χ1v) is 8.23. The first-order valence-electron chi connectivity index (χ1n) is 8.23. The zero-order chi connectivity index (χ0) is 16.1. The molecule has 1 aromatic heterocycles. The summed E-state index contributed by atoms with van der Waals surface area (Å²) in [6.45, 7) is 3.88. The fourth-order valence-corrected chi connectivity index (χ4v) is 3.44. The molecular weight excluding hydrogens is 298 g/mol. The van der Waals surface area contributed by atoms with Crippen LogP contribution >= 0.6 is 0 Å². The van der Waals surface area contributed by atoms with E-state index in [4.69, 9.17) is 9.26 Å². The van der Waals surface area contributed by atoms with Crippen LogP contribution in [0.3, 0.4) is 0 Å². The molecular formula is C15H25N5O3. The molecule has 3 heterocycles. The average molecular weight is 323 g/mol. The lowest BCUT2D eigenvalue weighted by Crippen LogP contribution is -2.41. The predicted octanol–water partition coefficient (Wildman–Crippen LogP) is -0.394. The number of aromatic nitrogens is 2. The van der Waals surface area contributed by atoms with Gasteiger partial charge in [-0.3, -0.25) is 4.79 Å². The van der Waals surface area contributed by atoms with Crippen LogP contribution in [-0.2, 0) is 22.6 Å². The molecule has 2 saturated heterocycles. The molecule has 3 rings (SSSR count). The lowest BCUT2D eigenvalue weighted by atomic mass is 9.77. The number of ether oxygens (including phenoxy) is 1. The Morgan fingerprint density at radius 1 is 1.48 bits per heavy atom. The van der Waals surface area contributed by atoms with Crippen molar-refractivity contribution in [3.8, 4) is 0 Å². The summed E-state index contributed by atoms with van der Waals surface area (Å²) in [5.74, 6) is 1.11. The Morgan fingerprint density at radius 3 is 3.09 bits per heavy atom. The summed E-state index contributed by atoms with van der Waals surface area (Å²) in [4.78, 5) is 16.5. The van der Waals surface area contributed by atoms with Crippen molar-refractivity contribution in [2.24, 2.45) is 5.41 Å². The molecule has 0 aromatic carbocycles. The second-order valence-corrected chi connectivity index (χ2v) is 6.47. The van der Waals surface area contributed by atoms with Crippen molar-refractivity contribution in [1.82, 2.24) is 26.1 Å². The van der Waals surface area contributed by atoms with E-state index in [1.165, 1.54) is 0 Å². The highest BCUT2D eigenvalue weighted by Crippen LogP contribution is 2.37. The molecule has 0 bridgehead atoms. The van der Waals surface area contributed by atoms with E-state index < -0.39 is 0 Å². The summed E-state index contributed by atoms with van der Waals surface area (Å²) in [7, 11) is 1.58. The van der Waals surface area contributed by atoms with Crippen LogP contribution in [0.15, 0.2) is 4.52 Å². The number of nitrogens with one attached hydrogen (secondary N) is 3. The lowest BCUT2D eigenvalue weighted by molar-refractivity contribution is -0.122. The fraction of sp³-hybridized carbons (Fsp3) is 0.800. The van der Waals surface area contributed by atoms with Crippen molar-refractivity contribution >= 4 is 5.91 Å². The van der Waals surface area contributed by atoms with Crippen molar-refractivity contribution < 1.29 is 14.1 Å². The first-order chi connectivity index (χ1) is 11.2. The highest BCUT2D eigenvalue weighted by molar-refractivity contribution is 5.82. The number of carbonyl (C=O) groups is 1. The maximum Gasteiger partial charge on any atom is 0.237 e.